The number of hydrogen-bond acceptors (Lipinski definition) is 5. The van der Waals surface area contributed by atoms with Gasteiger partial charge in [0.1, 0.15) is 11.5 Å². The van der Waals surface area contributed by atoms with E-state index in [-0.39, 0.29) is 29.1 Å². The molecule has 0 unspecified atom stereocenters. The van der Waals surface area contributed by atoms with Crippen LogP contribution in [0.3, 0.4) is 0 Å². The molecule has 1 aromatic carbocycles. The lowest BCUT2D eigenvalue weighted by atomic mass is 9.91. The van der Waals surface area contributed by atoms with Crippen molar-refractivity contribution in [3.63, 3.8) is 0 Å². The highest BCUT2D eigenvalue weighted by Gasteiger charge is 2.37. The molecule has 32 heavy (non-hydrogen) atoms. The summed E-state index contributed by atoms with van der Waals surface area (Å²) in [6.07, 6.45) is -8.20. The van der Waals surface area contributed by atoms with Crippen molar-refractivity contribution < 1.29 is 40.7 Å². The summed E-state index contributed by atoms with van der Waals surface area (Å²) >= 11 is 0. The molecule has 0 radical (unpaired) electrons. The van der Waals surface area contributed by atoms with Gasteiger partial charge in [-0.3, -0.25) is 4.79 Å². The number of carboxylic acids is 1. The van der Waals surface area contributed by atoms with Gasteiger partial charge >= 0.3 is 18.3 Å². The Labute approximate surface area is 178 Å². The smallest absolute Gasteiger partial charge is 0.416 e. The van der Waals surface area contributed by atoms with Gasteiger partial charge in [-0.05, 0) is 49.2 Å². The maximum atomic E-state index is 13.0. The first-order valence-corrected chi connectivity index (χ1v) is 9.52. The summed E-state index contributed by atoms with van der Waals surface area (Å²) in [4.78, 5) is 11.1. The normalized spacial score (nSPS) is 19.9. The third-order valence-corrected chi connectivity index (χ3v) is 4.95. The van der Waals surface area contributed by atoms with Gasteiger partial charge in [-0.1, -0.05) is 0 Å². The van der Waals surface area contributed by atoms with Crippen LogP contribution in [0.1, 0.15) is 23.3 Å². The van der Waals surface area contributed by atoms with Crippen LogP contribution in [0.2, 0.25) is 0 Å². The highest BCUT2D eigenvalue weighted by Crippen LogP contribution is 2.38. The summed E-state index contributed by atoms with van der Waals surface area (Å²) in [6.45, 7) is 1.40. The fourth-order valence-electron chi connectivity index (χ4n) is 3.34. The Hall–Kier alpha value is -3.02. The summed E-state index contributed by atoms with van der Waals surface area (Å²) in [5.74, 6) is -1.40. The predicted molar refractivity (Wildman–Crippen MR) is 102 cm³/mol. The van der Waals surface area contributed by atoms with E-state index in [1.54, 1.807) is 0 Å². The van der Waals surface area contributed by atoms with Crippen LogP contribution in [-0.2, 0) is 17.1 Å². The number of hydrazone groups is 1. The molecule has 174 valence electrons. The Kier molecular flexibility index (Phi) is 6.82. The highest BCUT2D eigenvalue weighted by molar-refractivity contribution is 5.77. The van der Waals surface area contributed by atoms with Gasteiger partial charge in [0.25, 0.3) is 0 Å². The third kappa shape index (κ3) is 6.02. The van der Waals surface area contributed by atoms with Crippen LogP contribution >= 0.6 is 0 Å². The van der Waals surface area contributed by atoms with Gasteiger partial charge in [0.15, 0.2) is 0 Å². The Morgan fingerprint density at radius 1 is 1.12 bits per heavy atom. The van der Waals surface area contributed by atoms with Crippen molar-refractivity contribution in [3.8, 4) is 11.3 Å². The average molecular weight is 463 g/mol. The summed E-state index contributed by atoms with van der Waals surface area (Å²) in [6, 6.07) is 3.83. The molecule has 0 aliphatic carbocycles. The molecule has 2 heterocycles. The molecular weight excluding hydrogens is 444 g/mol. The van der Waals surface area contributed by atoms with Crippen molar-refractivity contribution in [3.05, 3.63) is 47.2 Å². The molecule has 0 amide bonds. The van der Waals surface area contributed by atoms with Crippen molar-refractivity contribution in [1.82, 2.24) is 10.7 Å². The lowest BCUT2D eigenvalue weighted by Crippen LogP contribution is -2.42. The van der Waals surface area contributed by atoms with Gasteiger partial charge in [-0.25, -0.2) is 0 Å². The Morgan fingerprint density at radius 2 is 1.78 bits per heavy atom. The number of carbonyl (C=O) groups is 1. The van der Waals surface area contributed by atoms with Crippen molar-refractivity contribution in [2.45, 2.75) is 18.8 Å². The molecule has 1 saturated heterocycles. The van der Waals surface area contributed by atoms with Gasteiger partial charge < -0.3 is 20.3 Å². The molecule has 3 rings (SSSR count). The van der Waals surface area contributed by atoms with E-state index >= 15 is 0 Å². The first-order chi connectivity index (χ1) is 14.9. The van der Waals surface area contributed by atoms with Crippen LogP contribution in [0, 0.1) is 11.8 Å². The van der Waals surface area contributed by atoms with E-state index in [2.05, 4.69) is 15.8 Å². The topological polar surface area (TPSA) is 86.9 Å². The van der Waals surface area contributed by atoms with E-state index in [0.717, 1.165) is 0 Å². The number of benzene rings is 1. The molecule has 6 nitrogen and oxygen atoms in total. The number of nitrogens with one attached hydrogen (secondary N) is 2. The monoisotopic (exact) mass is 463 g/mol. The third-order valence-electron chi connectivity index (χ3n) is 4.95. The van der Waals surface area contributed by atoms with E-state index in [4.69, 9.17) is 9.52 Å². The van der Waals surface area contributed by atoms with Gasteiger partial charge in [0.05, 0.1) is 23.3 Å². The van der Waals surface area contributed by atoms with Crippen LogP contribution in [0.5, 0.6) is 0 Å². The number of alkyl halides is 6. The largest absolute Gasteiger partial charge is 0.481 e. The minimum Gasteiger partial charge on any atom is -0.481 e. The van der Waals surface area contributed by atoms with Crippen LogP contribution in [0.4, 0.5) is 26.3 Å². The predicted octanol–water partition coefficient (Wildman–Crippen LogP) is 4.22. The standard InChI is InChI=1S/C20H19F6N3O3/c21-19(22,23)14-4-12(5-15(6-14)20(24,25)26)17-2-1-16(32-17)10-29-28-8-11-3-13(18(30)31)9-27-7-11/h1-2,4-6,10-11,13,27-28H,3,7-9H2,(H,30,31)/b29-10+/t11-,13+/m0/s1. The quantitative estimate of drug-likeness (QED) is 0.339. The molecule has 2 atom stereocenters. The molecule has 1 fully saturated rings. The summed E-state index contributed by atoms with van der Waals surface area (Å²) in [5, 5.41) is 16.0. The molecular formula is C20H19F6N3O3. The fraction of sp³-hybridized carbons (Fsp3) is 0.400. The van der Waals surface area contributed by atoms with E-state index in [1.807, 2.05) is 0 Å². The van der Waals surface area contributed by atoms with Gasteiger partial charge in [0.2, 0.25) is 0 Å². The molecule has 12 heteroatoms. The number of aliphatic carboxylic acids is 1. The number of piperidine rings is 1. The Bertz CT molecular complexity index is 951. The van der Waals surface area contributed by atoms with Gasteiger partial charge in [-0.15, -0.1) is 0 Å². The summed E-state index contributed by atoms with van der Waals surface area (Å²) in [7, 11) is 0. The SMILES string of the molecule is O=C(O)[C@H]1CNC[C@@H](CN/N=C/c2ccc(-c3cc(C(F)(F)F)cc(C(F)(F)F)c3)o2)C1. The van der Waals surface area contributed by atoms with E-state index in [1.165, 1.54) is 18.3 Å². The zero-order chi connectivity index (χ0) is 23.5. The highest BCUT2D eigenvalue weighted by atomic mass is 19.4. The summed E-state index contributed by atoms with van der Waals surface area (Å²) < 4.78 is 83.5. The van der Waals surface area contributed by atoms with Crippen molar-refractivity contribution in [2.75, 3.05) is 19.6 Å². The maximum absolute atomic E-state index is 13.0. The van der Waals surface area contributed by atoms with Crippen LogP contribution in [0.25, 0.3) is 11.3 Å². The molecule has 2 aromatic rings. The first-order valence-electron chi connectivity index (χ1n) is 9.52. The number of halogens is 6. The van der Waals surface area contributed by atoms with Gasteiger partial charge in [0, 0.05) is 18.7 Å². The molecule has 1 aliphatic rings. The molecule has 0 saturated carbocycles. The number of rotatable bonds is 6. The molecule has 3 N–H and O–H groups in total. The van der Waals surface area contributed by atoms with Gasteiger partial charge in [-0.2, -0.15) is 31.4 Å². The van der Waals surface area contributed by atoms with E-state index in [0.29, 0.717) is 38.2 Å². The minimum atomic E-state index is -4.95. The molecule has 1 aromatic heterocycles. The van der Waals surface area contributed by atoms with Crippen LogP contribution in [0.15, 0.2) is 39.9 Å². The fourth-order valence-corrected chi connectivity index (χ4v) is 3.34. The molecule has 0 bridgehead atoms. The zero-order valence-electron chi connectivity index (χ0n) is 16.4. The lowest BCUT2D eigenvalue weighted by molar-refractivity contribution is -0.144. The second-order valence-corrected chi connectivity index (χ2v) is 7.41. The van der Waals surface area contributed by atoms with Crippen LogP contribution < -0.4 is 10.7 Å². The van der Waals surface area contributed by atoms with Crippen molar-refractivity contribution in [2.24, 2.45) is 16.9 Å². The average Bonchev–Trinajstić information content (AvgIpc) is 3.19. The second kappa shape index (κ2) is 9.23. The summed E-state index contributed by atoms with van der Waals surface area (Å²) in [5.41, 5.74) is -0.487. The first kappa shape index (κ1) is 23.6. The van der Waals surface area contributed by atoms with E-state index in [9.17, 15) is 31.1 Å². The number of nitrogens with zero attached hydrogens (tertiary/aromatic N) is 1. The second-order valence-electron chi connectivity index (χ2n) is 7.41. The Balaban J connectivity index is 1.68. The van der Waals surface area contributed by atoms with Crippen molar-refractivity contribution in [1.29, 1.82) is 0 Å². The minimum absolute atomic E-state index is 0.0278. The van der Waals surface area contributed by atoms with E-state index < -0.39 is 35.4 Å². The zero-order valence-corrected chi connectivity index (χ0v) is 16.4. The number of furan rings is 1. The molecule has 1 aliphatic heterocycles. The number of carboxylic acid groups (broad SMARTS) is 1. The molecule has 0 spiro atoms. The van der Waals surface area contributed by atoms with Crippen molar-refractivity contribution >= 4 is 12.2 Å². The maximum Gasteiger partial charge on any atom is 0.416 e. The van der Waals surface area contributed by atoms with Crippen LogP contribution in [-0.4, -0.2) is 36.9 Å². The Morgan fingerprint density at radius 3 is 2.38 bits per heavy atom. The number of hydrogen-bond donors (Lipinski definition) is 3. The lowest BCUT2D eigenvalue weighted by Gasteiger charge is -2.27.